The van der Waals surface area contributed by atoms with Crippen LogP contribution in [0.4, 0.5) is 0 Å². The van der Waals surface area contributed by atoms with Crippen LogP contribution in [0.15, 0.2) is 28.2 Å². The molecular weight excluding hydrogens is 498 g/mol. The van der Waals surface area contributed by atoms with Crippen LogP contribution in [-0.2, 0) is 17.6 Å². The fourth-order valence-electron chi connectivity index (χ4n) is 7.51. The van der Waals surface area contributed by atoms with E-state index in [4.69, 9.17) is 4.98 Å². The summed E-state index contributed by atoms with van der Waals surface area (Å²) >= 11 is 3.10. The van der Waals surface area contributed by atoms with Crippen LogP contribution in [0.5, 0.6) is 0 Å². The molecule has 0 radical (unpaired) electrons. The molecule has 3 aliphatic rings. The number of hydrogen-bond acceptors (Lipinski definition) is 5. The highest BCUT2D eigenvalue weighted by Gasteiger charge is 2.50. The molecule has 3 aromatic rings. The van der Waals surface area contributed by atoms with Crippen LogP contribution in [0.3, 0.4) is 0 Å². The number of benzene rings is 1. The third kappa shape index (κ3) is 4.46. The van der Waals surface area contributed by atoms with Crippen LogP contribution < -0.4 is 5.56 Å². The van der Waals surface area contributed by atoms with Gasteiger partial charge in [-0.05, 0) is 86.8 Å². The molecule has 0 N–H and O–H groups in total. The predicted molar refractivity (Wildman–Crippen MR) is 153 cm³/mol. The lowest BCUT2D eigenvalue weighted by Gasteiger charge is -2.39. The van der Waals surface area contributed by atoms with Crippen molar-refractivity contribution in [2.75, 3.05) is 12.3 Å². The molecule has 1 saturated heterocycles. The summed E-state index contributed by atoms with van der Waals surface area (Å²) in [6.07, 6.45) is 7.62. The van der Waals surface area contributed by atoms with Crippen molar-refractivity contribution in [3.05, 3.63) is 50.1 Å². The molecule has 2 atom stereocenters. The van der Waals surface area contributed by atoms with Gasteiger partial charge in [-0.1, -0.05) is 50.2 Å². The molecule has 1 amide bonds. The van der Waals surface area contributed by atoms with E-state index in [1.807, 2.05) is 6.07 Å². The van der Waals surface area contributed by atoms with Gasteiger partial charge in [0.1, 0.15) is 4.83 Å². The lowest BCUT2D eigenvalue weighted by Crippen LogP contribution is -2.38. The summed E-state index contributed by atoms with van der Waals surface area (Å²) in [6, 6.07) is 6.51. The van der Waals surface area contributed by atoms with Crippen molar-refractivity contribution in [1.29, 1.82) is 0 Å². The largest absolute Gasteiger partial charge is 0.338 e. The van der Waals surface area contributed by atoms with Crippen LogP contribution in [0.1, 0.15) is 74.4 Å². The maximum Gasteiger partial charge on any atom is 0.267 e. The lowest BCUT2D eigenvalue weighted by atomic mass is 9.65. The van der Waals surface area contributed by atoms with E-state index in [1.165, 1.54) is 35.0 Å². The number of fused-ring (bicyclic) bond motifs is 5. The second kappa shape index (κ2) is 8.98. The van der Waals surface area contributed by atoms with Crippen LogP contribution in [0.25, 0.3) is 15.9 Å². The Balaban J connectivity index is 1.37. The van der Waals surface area contributed by atoms with E-state index in [9.17, 15) is 9.59 Å². The van der Waals surface area contributed by atoms with Gasteiger partial charge in [0, 0.05) is 17.5 Å². The number of thiophene rings is 1. The molecular formula is C30H37N3O2S2. The van der Waals surface area contributed by atoms with Crippen molar-refractivity contribution in [2.24, 2.45) is 10.8 Å². The number of nitrogens with zero attached hydrogens (tertiary/aromatic N) is 3. The zero-order valence-electron chi connectivity index (χ0n) is 22.6. The number of aromatic nitrogens is 2. The normalized spacial score (nSPS) is 24.5. The van der Waals surface area contributed by atoms with Crippen molar-refractivity contribution in [1.82, 2.24) is 14.5 Å². The minimum Gasteiger partial charge on any atom is -0.338 e. The average Bonchev–Trinajstić information content (AvgIpc) is 3.31. The van der Waals surface area contributed by atoms with Gasteiger partial charge in [-0.25, -0.2) is 4.98 Å². The molecule has 1 aliphatic heterocycles. The molecule has 2 aromatic heterocycles. The van der Waals surface area contributed by atoms with Crippen molar-refractivity contribution in [2.45, 2.75) is 90.8 Å². The molecule has 6 rings (SSSR count). The number of carbonyl (C=O) groups excluding carboxylic acids is 1. The molecule has 2 bridgehead atoms. The number of thioether (sulfide) groups is 1. The molecule has 37 heavy (non-hydrogen) atoms. The van der Waals surface area contributed by atoms with E-state index in [0.717, 1.165) is 65.7 Å². The predicted octanol–water partition coefficient (Wildman–Crippen LogP) is 6.46. The fourth-order valence-corrected chi connectivity index (χ4v) is 9.71. The molecule has 3 heterocycles. The van der Waals surface area contributed by atoms with Crippen LogP contribution in [0, 0.1) is 24.7 Å². The first-order chi connectivity index (χ1) is 17.5. The monoisotopic (exact) mass is 535 g/mol. The molecule has 196 valence electrons. The Morgan fingerprint density at radius 2 is 1.95 bits per heavy atom. The van der Waals surface area contributed by atoms with Crippen LogP contribution in [-0.4, -0.2) is 38.7 Å². The molecule has 1 aromatic carbocycles. The van der Waals surface area contributed by atoms with E-state index >= 15 is 0 Å². The van der Waals surface area contributed by atoms with Crippen molar-refractivity contribution < 1.29 is 4.79 Å². The maximum absolute atomic E-state index is 14.1. The van der Waals surface area contributed by atoms with E-state index < -0.39 is 0 Å². The molecule has 0 unspecified atom stereocenters. The SMILES string of the molecule is Cc1ccc(-n2c(SCC(=O)N3C[C@]4(C)C[C@@H]3CC(C)(C)C4)nc3sc4c(c3c2=O)CCCC4)c(C)c1. The summed E-state index contributed by atoms with van der Waals surface area (Å²) in [5.74, 6) is 0.476. The summed E-state index contributed by atoms with van der Waals surface area (Å²) in [5, 5.41) is 1.42. The summed E-state index contributed by atoms with van der Waals surface area (Å²) < 4.78 is 1.78. The van der Waals surface area contributed by atoms with Crippen LogP contribution in [0.2, 0.25) is 0 Å². The maximum atomic E-state index is 14.1. The number of carbonyl (C=O) groups is 1. The first kappa shape index (κ1) is 25.2. The molecule has 0 spiro atoms. The zero-order chi connectivity index (χ0) is 26.1. The van der Waals surface area contributed by atoms with E-state index in [-0.39, 0.29) is 22.3 Å². The summed E-state index contributed by atoms with van der Waals surface area (Å²) in [7, 11) is 0. The van der Waals surface area contributed by atoms with Gasteiger partial charge in [-0.2, -0.15) is 0 Å². The van der Waals surface area contributed by atoms with E-state index in [0.29, 0.717) is 17.0 Å². The van der Waals surface area contributed by atoms with Crippen LogP contribution >= 0.6 is 23.1 Å². The first-order valence-electron chi connectivity index (χ1n) is 13.6. The molecule has 2 fully saturated rings. The highest BCUT2D eigenvalue weighted by atomic mass is 32.2. The second-order valence-corrected chi connectivity index (χ2v) is 14.8. The van der Waals surface area contributed by atoms with Gasteiger partial charge in [0.25, 0.3) is 5.56 Å². The zero-order valence-corrected chi connectivity index (χ0v) is 24.3. The Bertz CT molecular complexity index is 1470. The van der Waals surface area contributed by atoms with Gasteiger partial charge < -0.3 is 4.90 Å². The van der Waals surface area contributed by atoms with E-state index in [1.54, 1.807) is 15.9 Å². The Kier molecular flexibility index (Phi) is 6.11. The van der Waals surface area contributed by atoms with Crippen molar-refractivity contribution in [3.8, 4) is 5.69 Å². The van der Waals surface area contributed by atoms with Gasteiger partial charge in [0.15, 0.2) is 5.16 Å². The van der Waals surface area contributed by atoms with Gasteiger partial charge in [0.2, 0.25) is 5.91 Å². The number of likely N-dealkylation sites (tertiary alicyclic amines) is 1. The Hall–Kier alpha value is -2.12. The summed E-state index contributed by atoms with van der Waals surface area (Å²) in [6.45, 7) is 12.0. The Morgan fingerprint density at radius 3 is 2.73 bits per heavy atom. The minimum atomic E-state index is 0.0117. The molecule has 5 nitrogen and oxygen atoms in total. The number of aryl methyl sites for hydroxylation is 4. The molecule has 2 aliphatic carbocycles. The first-order valence-corrected chi connectivity index (χ1v) is 15.4. The van der Waals surface area contributed by atoms with Gasteiger partial charge in [-0.3, -0.25) is 14.2 Å². The Labute approximate surface area is 227 Å². The third-order valence-corrected chi connectivity index (χ3v) is 10.7. The number of rotatable bonds is 4. The summed E-state index contributed by atoms with van der Waals surface area (Å²) in [4.78, 5) is 37.0. The minimum absolute atomic E-state index is 0.0117. The highest BCUT2D eigenvalue weighted by molar-refractivity contribution is 7.99. The van der Waals surface area contributed by atoms with Gasteiger partial charge >= 0.3 is 0 Å². The average molecular weight is 536 g/mol. The third-order valence-electron chi connectivity index (χ3n) is 8.61. The molecule has 1 saturated carbocycles. The topological polar surface area (TPSA) is 55.2 Å². The Morgan fingerprint density at radius 1 is 1.16 bits per heavy atom. The van der Waals surface area contributed by atoms with Crippen molar-refractivity contribution >= 4 is 39.2 Å². The smallest absolute Gasteiger partial charge is 0.267 e. The number of amides is 1. The highest BCUT2D eigenvalue weighted by Crippen LogP contribution is 2.52. The molecule has 7 heteroatoms. The van der Waals surface area contributed by atoms with Gasteiger partial charge in [-0.15, -0.1) is 11.3 Å². The quantitative estimate of drug-likeness (QED) is 0.284. The van der Waals surface area contributed by atoms with Crippen molar-refractivity contribution in [3.63, 3.8) is 0 Å². The lowest BCUT2D eigenvalue weighted by molar-refractivity contribution is -0.129. The van der Waals surface area contributed by atoms with Gasteiger partial charge in [0.05, 0.1) is 16.8 Å². The van der Waals surface area contributed by atoms with E-state index in [2.05, 4.69) is 51.7 Å². The second-order valence-electron chi connectivity index (χ2n) is 12.7. The summed E-state index contributed by atoms with van der Waals surface area (Å²) in [5.41, 5.74) is 4.77. The number of hydrogen-bond donors (Lipinski definition) is 0. The fraction of sp³-hybridized carbons (Fsp3) is 0.567. The standard InChI is InChI=1S/C30H37N3O2S2/c1-18-10-11-22(19(2)12-18)33-27(35)25-21-8-6-7-9-23(21)37-26(25)31-28(33)36-15-24(34)32-17-30(5)14-20(32)13-29(3,4)16-30/h10-12,20H,6-9,13-17H2,1-5H3/t20-,30+/m0/s1.